The number of carbonyl (C=O) groups is 1. The fourth-order valence-corrected chi connectivity index (χ4v) is 1.89. The lowest BCUT2D eigenvalue weighted by molar-refractivity contribution is -0.147. The summed E-state index contributed by atoms with van der Waals surface area (Å²) in [7, 11) is 0. The van der Waals surface area contributed by atoms with Crippen molar-refractivity contribution in [2.45, 2.75) is 27.7 Å². The van der Waals surface area contributed by atoms with Crippen LogP contribution >= 0.6 is 0 Å². The number of hydrogen-bond acceptors (Lipinski definition) is 3. The van der Waals surface area contributed by atoms with E-state index in [-0.39, 0.29) is 29.8 Å². The van der Waals surface area contributed by atoms with Gasteiger partial charge in [0.2, 0.25) is 0 Å². The van der Waals surface area contributed by atoms with Crippen molar-refractivity contribution in [3.63, 3.8) is 0 Å². The Morgan fingerprint density at radius 2 is 2.07 bits per heavy atom. The number of aliphatic hydroxyl groups is 1. The maximum atomic E-state index is 11.6. The summed E-state index contributed by atoms with van der Waals surface area (Å²) in [5.74, 6) is 0.199. The van der Waals surface area contributed by atoms with Crippen molar-refractivity contribution in [3.8, 4) is 0 Å². The van der Waals surface area contributed by atoms with E-state index in [0.29, 0.717) is 12.5 Å². The number of rotatable bonds is 4. The van der Waals surface area contributed by atoms with Gasteiger partial charge in [-0.2, -0.15) is 0 Å². The summed E-state index contributed by atoms with van der Waals surface area (Å²) in [5.41, 5.74) is -0.0805. The molecule has 0 heterocycles. The molecule has 1 aliphatic carbocycles. The van der Waals surface area contributed by atoms with Crippen molar-refractivity contribution in [3.05, 3.63) is 0 Å². The van der Waals surface area contributed by atoms with Crippen molar-refractivity contribution < 1.29 is 14.6 Å². The van der Waals surface area contributed by atoms with E-state index in [1.807, 2.05) is 27.7 Å². The Balaban J connectivity index is 2.40. The molecule has 1 rings (SSSR count). The maximum Gasteiger partial charge on any atom is 0.309 e. The van der Waals surface area contributed by atoms with Crippen molar-refractivity contribution in [2.75, 3.05) is 13.2 Å². The number of hydrogen-bond donors (Lipinski definition) is 1. The first-order valence-electron chi connectivity index (χ1n) is 5.18. The van der Waals surface area contributed by atoms with Gasteiger partial charge in [0.25, 0.3) is 0 Å². The molecule has 1 N–H and O–H groups in total. The Morgan fingerprint density at radius 3 is 2.43 bits per heavy atom. The average Bonchev–Trinajstić information content (AvgIpc) is 2.63. The first kappa shape index (κ1) is 11.5. The molecule has 82 valence electrons. The smallest absolute Gasteiger partial charge is 0.309 e. The van der Waals surface area contributed by atoms with Crippen LogP contribution in [-0.2, 0) is 9.53 Å². The zero-order chi connectivity index (χ0) is 10.9. The molecule has 2 atom stereocenters. The molecule has 1 aliphatic rings. The van der Waals surface area contributed by atoms with Crippen LogP contribution < -0.4 is 0 Å². The molecule has 3 nitrogen and oxygen atoms in total. The molecule has 0 amide bonds. The van der Waals surface area contributed by atoms with Crippen molar-refractivity contribution in [1.29, 1.82) is 0 Å². The van der Waals surface area contributed by atoms with Gasteiger partial charge in [-0.15, -0.1) is 0 Å². The topological polar surface area (TPSA) is 46.5 Å². The molecule has 1 fully saturated rings. The number of aliphatic hydroxyl groups excluding tert-OH is 1. The van der Waals surface area contributed by atoms with Crippen LogP contribution in [0.1, 0.15) is 27.7 Å². The van der Waals surface area contributed by atoms with Crippen LogP contribution in [0.3, 0.4) is 0 Å². The standard InChI is InChI=1S/C11H20O3/c1-7(2)6-14-10(13)9-8(5-12)11(9,3)4/h7-9,12H,5-6H2,1-4H3. The molecule has 1 saturated carbocycles. The number of carbonyl (C=O) groups excluding carboxylic acids is 1. The minimum absolute atomic E-state index is 0.0778. The molecule has 0 aromatic carbocycles. The van der Waals surface area contributed by atoms with Gasteiger partial charge >= 0.3 is 5.97 Å². The molecule has 3 heteroatoms. The molecule has 0 spiro atoms. The molecular formula is C11H20O3. The van der Waals surface area contributed by atoms with Gasteiger partial charge in [-0.3, -0.25) is 4.79 Å². The van der Waals surface area contributed by atoms with Crippen LogP contribution in [0.15, 0.2) is 0 Å². The van der Waals surface area contributed by atoms with Crippen LogP contribution in [-0.4, -0.2) is 24.3 Å². The lowest BCUT2D eigenvalue weighted by atomic mass is 10.1. The summed E-state index contributed by atoms with van der Waals surface area (Å²) in [4.78, 5) is 11.6. The Bertz CT molecular complexity index is 221. The second-order valence-electron chi connectivity index (χ2n) is 5.11. The summed E-state index contributed by atoms with van der Waals surface area (Å²) < 4.78 is 5.15. The third-order valence-electron chi connectivity index (χ3n) is 3.06. The summed E-state index contributed by atoms with van der Waals surface area (Å²) in [6.45, 7) is 8.56. The normalized spacial score (nSPS) is 29.0. The van der Waals surface area contributed by atoms with E-state index < -0.39 is 0 Å². The van der Waals surface area contributed by atoms with E-state index >= 15 is 0 Å². The van der Waals surface area contributed by atoms with E-state index in [1.165, 1.54) is 0 Å². The lowest BCUT2D eigenvalue weighted by Gasteiger charge is -2.07. The second-order valence-corrected chi connectivity index (χ2v) is 5.11. The molecule has 0 radical (unpaired) electrons. The summed E-state index contributed by atoms with van der Waals surface area (Å²) in [5, 5.41) is 9.03. The summed E-state index contributed by atoms with van der Waals surface area (Å²) >= 11 is 0. The minimum atomic E-state index is -0.150. The number of ether oxygens (including phenoxy) is 1. The van der Waals surface area contributed by atoms with Gasteiger partial charge in [-0.25, -0.2) is 0 Å². The molecule has 0 saturated heterocycles. The second kappa shape index (κ2) is 3.89. The summed E-state index contributed by atoms with van der Waals surface area (Å²) in [6.07, 6.45) is 0. The van der Waals surface area contributed by atoms with Gasteiger partial charge in [0.05, 0.1) is 12.5 Å². The highest BCUT2D eigenvalue weighted by molar-refractivity contribution is 5.77. The maximum absolute atomic E-state index is 11.6. The fraction of sp³-hybridized carbons (Fsp3) is 0.909. The van der Waals surface area contributed by atoms with Crippen molar-refractivity contribution in [1.82, 2.24) is 0 Å². The molecule has 0 aromatic rings. The molecule has 14 heavy (non-hydrogen) atoms. The van der Waals surface area contributed by atoms with Gasteiger partial charge in [0.15, 0.2) is 0 Å². The van der Waals surface area contributed by atoms with Gasteiger partial charge in [-0.05, 0) is 11.3 Å². The van der Waals surface area contributed by atoms with Crippen LogP contribution in [0.2, 0.25) is 0 Å². The predicted octanol–water partition coefficient (Wildman–Crippen LogP) is 1.45. The predicted molar refractivity (Wildman–Crippen MR) is 53.6 cm³/mol. The first-order chi connectivity index (χ1) is 6.41. The van der Waals surface area contributed by atoms with E-state index in [0.717, 1.165) is 0 Å². The molecule has 0 bridgehead atoms. The van der Waals surface area contributed by atoms with Crippen LogP contribution in [0.5, 0.6) is 0 Å². The zero-order valence-electron chi connectivity index (χ0n) is 9.41. The monoisotopic (exact) mass is 200 g/mol. The van der Waals surface area contributed by atoms with Gasteiger partial charge in [0, 0.05) is 12.5 Å². The minimum Gasteiger partial charge on any atom is -0.465 e. The number of esters is 1. The quantitative estimate of drug-likeness (QED) is 0.699. The van der Waals surface area contributed by atoms with Gasteiger partial charge in [-0.1, -0.05) is 27.7 Å². The molecule has 2 unspecified atom stereocenters. The largest absolute Gasteiger partial charge is 0.465 e. The van der Waals surface area contributed by atoms with Gasteiger partial charge < -0.3 is 9.84 Å². The van der Waals surface area contributed by atoms with E-state index in [4.69, 9.17) is 9.84 Å². The van der Waals surface area contributed by atoms with Gasteiger partial charge in [0.1, 0.15) is 0 Å². The van der Waals surface area contributed by atoms with Crippen LogP contribution in [0.4, 0.5) is 0 Å². The summed E-state index contributed by atoms with van der Waals surface area (Å²) in [6, 6.07) is 0. The van der Waals surface area contributed by atoms with Crippen molar-refractivity contribution >= 4 is 5.97 Å². The van der Waals surface area contributed by atoms with E-state index in [9.17, 15) is 4.79 Å². The van der Waals surface area contributed by atoms with Crippen LogP contribution in [0, 0.1) is 23.2 Å². The average molecular weight is 200 g/mol. The third-order valence-corrected chi connectivity index (χ3v) is 3.06. The Hall–Kier alpha value is -0.570. The highest BCUT2D eigenvalue weighted by Gasteiger charge is 2.62. The molecule has 0 aliphatic heterocycles. The highest BCUT2D eigenvalue weighted by Crippen LogP contribution is 2.58. The fourth-order valence-electron chi connectivity index (χ4n) is 1.89. The van der Waals surface area contributed by atoms with Crippen LogP contribution in [0.25, 0.3) is 0 Å². The van der Waals surface area contributed by atoms with E-state index in [1.54, 1.807) is 0 Å². The highest BCUT2D eigenvalue weighted by atomic mass is 16.5. The first-order valence-corrected chi connectivity index (χ1v) is 5.18. The molecular weight excluding hydrogens is 180 g/mol. The third kappa shape index (κ3) is 2.08. The lowest BCUT2D eigenvalue weighted by Crippen LogP contribution is -2.14. The Morgan fingerprint density at radius 1 is 1.50 bits per heavy atom. The SMILES string of the molecule is CC(C)COC(=O)C1C(CO)C1(C)C. The van der Waals surface area contributed by atoms with Crippen molar-refractivity contribution in [2.24, 2.45) is 23.2 Å². The Labute approximate surface area is 85.5 Å². The van der Waals surface area contributed by atoms with E-state index in [2.05, 4.69) is 0 Å². The zero-order valence-corrected chi connectivity index (χ0v) is 9.41. The molecule has 0 aromatic heterocycles. The Kier molecular flexibility index (Phi) is 3.20.